The van der Waals surface area contributed by atoms with Crippen LogP contribution in [0.5, 0.6) is 0 Å². The Kier molecular flexibility index (Phi) is 9.96. The first-order valence-electron chi connectivity index (χ1n) is 7.72. The third-order valence-corrected chi connectivity index (χ3v) is 3.14. The lowest BCUT2D eigenvalue weighted by Gasteiger charge is -2.26. The second-order valence-corrected chi connectivity index (χ2v) is 4.98. The molecule has 11 nitrogen and oxygen atoms in total. The Balaban J connectivity index is 3.33. The number of hydrogen-bond acceptors (Lipinski definition) is 11. The summed E-state index contributed by atoms with van der Waals surface area (Å²) in [4.78, 5) is 18.3. The second kappa shape index (κ2) is 11.7. The molecule has 0 saturated carbocycles. The van der Waals surface area contributed by atoms with Crippen molar-refractivity contribution >= 4 is 17.8 Å². The van der Waals surface area contributed by atoms with Crippen molar-refractivity contribution < 1.29 is 24.1 Å². The molecule has 1 N–H and O–H groups in total. The number of aliphatic hydroxyl groups excluding tert-OH is 1. The molecule has 1 aromatic heterocycles. The molecule has 0 bridgehead atoms. The lowest BCUT2D eigenvalue weighted by Crippen LogP contribution is -2.35. The van der Waals surface area contributed by atoms with Gasteiger partial charge >= 0.3 is 0 Å². The molecule has 1 rings (SSSR count). The Labute approximate surface area is 148 Å². The minimum absolute atomic E-state index is 0.129. The largest absolute Gasteiger partial charge is 0.376 e. The average Bonchev–Trinajstić information content (AvgIpc) is 2.63. The number of nitrogens with zero attached hydrogens (tertiary/aromatic N) is 6. The van der Waals surface area contributed by atoms with Crippen molar-refractivity contribution in [3.8, 4) is 0 Å². The van der Waals surface area contributed by atoms with Crippen LogP contribution in [0.3, 0.4) is 0 Å². The lowest BCUT2D eigenvalue weighted by atomic mass is 10.6. The summed E-state index contributed by atoms with van der Waals surface area (Å²) in [6.07, 6.45) is 0. The molecule has 0 aliphatic heterocycles. The summed E-state index contributed by atoms with van der Waals surface area (Å²) < 4.78 is 20.6. The fraction of sp³-hybridized carbons (Fsp3) is 0.786. The van der Waals surface area contributed by atoms with Crippen LogP contribution in [0.25, 0.3) is 0 Å². The van der Waals surface area contributed by atoms with Gasteiger partial charge in [-0.25, -0.2) is 0 Å². The predicted octanol–water partition coefficient (Wildman–Crippen LogP) is -0.324. The number of methoxy groups -OCH3 is 4. The Morgan fingerprint density at radius 3 is 1.44 bits per heavy atom. The first-order chi connectivity index (χ1) is 12.1. The van der Waals surface area contributed by atoms with E-state index in [2.05, 4.69) is 15.0 Å². The maximum Gasteiger partial charge on any atom is 0.235 e. The van der Waals surface area contributed by atoms with E-state index in [-0.39, 0.29) is 32.9 Å². The van der Waals surface area contributed by atoms with Gasteiger partial charge in [-0.3, -0.25) is 9.80 Å². The Morgan fingerprint density at radius 2 is 1.04 bits per heavy atom. The van der Waals surface area contributed by atoms with Gasteiger partial charge in [-0.2, -0.15) is 15.0 Å². The third kappa shape index (κ3) is 6.21. The molecular weight excluding hydrogens is 332 g/mol. The normalized spacial score (nSPS) is 10.8. The highest BCUT2D eigenvalue weighted by molar-refractivity contribution is 5.45. The summed E-state index contributed by atoms with van der Waals surface area (Å²) in [5.41, 5.74) is 0. The summed E-state index contributed by atoms with van der Waals surface area (Å²) in [6, 6.07) is 0. The minimum atomic E-state index is -0.304. The highest BCUT2D eigenvalue weighted by Gasteiger charge is 2.19. The van der Waals surface area contributed by atoms with E-state index in [9.17, 15) is 5.11 Å². The van der Waals surface area contributed by atoms with E-state index in [1.54, 1.807) is 26.2 Å². The van der Waals surface area contributed by atoms with Crippen molar-refractivity contribution in [2.24, 2.45) is 0 Å². The van der Waals surface area contributed by atoms with Crippen molar-refractivity contribution in [1.29, 1.82) is 0 Å². The molecule has 0 radical (unpaired) electrons. The van der Waals surface area contributed by atoms with Gasteiger partial charge in [0.05, 0.1) is 0 Å². The van der Waals surface area contributed by atoms with Gasteiger partial charge in [0, 0.05) is 35.0 Å². The van der Waals surface area contributed by atoms with Crippen LogP contribution >= 0.6 is 0 Å². The first-order valence-corrected chi connectivity index (χ1v) is 7.72. The van der Waals surface area contributed by atoms with Gasteiger partial charge in [0.15, 0.2) is 0 Å². The summed E-state index contributed by atoms with van der Waals surface area (Å²) in [7, 11) is 6.26. The Morgan fingerprint density at radius 1 is 0.680 bits per heavy atom. The molecule has 0 spiro atoms. The van der Waals surface area contributed by atoms with Gasteiger partial charge in [0.25, 0.3) is 0 Å². The third-order valence-electron chi connectivity index (χ3n) is 3.14. The summed E-state index contributed by atoms with van der Waals surface area (Å²) in [5.74, 6) is 1.04. The van der Waals surface area contributed by atoms with Crippen LogP contribution in [-0.2, 0) is 18.9 Å². The quantitative estimate of drug-likeness (QED) is 0.468. The van der Waals surface area contributed by atoms with Gasteiger partial charge in [-0.05, 0) is 6.92 Å². The molecule has 25 heavy (non-hydrogen) atoms. The Hall–Kier alpha value is -1.79. The first kappa shape index (κ1) is 21.3. The molecule has 144 valence electrons. The summed E-state index contributed by atoms with van der Waals surface area (Å²) in [5, 5.41) is 9.58. The van der Waals surface area contributed by atoms with Gasteiger partial charge in [0.1, 0.15) is 33.7 Å². The fourth-order valence-electron chi connectivity index (χ4n) is 2.00. The second-order valence-electron chi connectivity index (χ2n) is 4.98. The molecule has 0 atom stereocenters. The number of ether oxygens (including phenoxy) is 4. The molecule has 0 fully saturated rings. The SMILES string of the molecule is CCN(COC)c1nc(N(CO)COC)nc(N(COC)COC)n1. The molecule has 11 heteroatoms. The molecule has 0 amide bonds. The lowest BCUT2D eigenvalue weighted by molar-refractivity contribution is 0.138. The van der Waals surface area contributed by atoms with E-state index in [1.165, 1.54) is 12.0 Å². The van der Waals surface area contributed by atoms with Crippen molar-refractivity contribution in [3.05, 3.63) is 0 Å². The van der Waals surface area contributed by atoms with Gasteiger partial charge < -0.3 is 29.0 Å². The van der Waals surface area contributed by atoms with E-state index in [0.29, 0.717) is 25.2 Å². The van der Waals surface area contributed by atoms with Crippen LogP contribution in [0.4, 0.5) is 17.8 Å². The fourth-order valence-corrected chi connectivity index (χ4v) is 2.00. The van der Waals surface area contributed by atoms with Crippen molar-refractivity contribution in [2.45, 2.75) is 6.92 Å². The minimum Gasteiger partial charge on any atom is -0.376 e. The number of rotatable bonds is 13. The molecule has 0 aliphatic carbocycles. The van der Waals surface area contributed by atoms with Crippen LogP contribution in [-0.4, -0.2) is 88.7 Å². The maximum atomic E-state index is 9.58. The highest BCUT2D eigenvalue weighted by atomic mass is 16.5. The highest BCUT2D eigenvalue weighted by Crippen LogP contribution is 2.19. The molecule has 0 unspecified atom stereocenters. The van der Waals surface area contributed by atoms with E-state index >= 15 is 0 Å². The zero-order chi connectivity index (χ0) is 18.7. The van der Waals surface area contributed by atoms with Crippen molar-refractivity contribution in [3.63, 3.8) is 0 Å². The van der Waals surface area contributed by atoms with E-state index < -0.39 is 0 Å². The number of aliphatic hydroxyl groups is 1. The summed E-state index contributed by atoms with van der Waals surface area (Å²) >= 11 is 0. The average molecular weight is 360 g/mol. The molecule has 1 aromatic rings. The standard InChI is InChI=1S/C14H28N6O5/c1-6-18(8-22-2)12-15-13(19(7-21)9-23-3)17-14(16-12)20(10-24-4)11-25-5/h21H,6-11H2,1-5H3. The molecule has 0 saturated heterocycles. The number of aromatic nitrogens is 3. The molecule has 1 heterocycles. The van der Waals surface area contributed by atoms with E-state index in [1.807, 2.05) is 11.8 Å². The molecule has 0 aliphatic rings. The van der Waals surface area contributed by atoms with Crippen LogP contribution in [0.15, 0.2) is 0 Å². The number of hydrogen-bond donors (Lipinski definition) is 1. The zero-order valence-corrected chi connectivity index (χ0v) is 15.5. The van der Waals surface area contributed by atoms with Gasteiger partial charge in [-0.15, -0.1) is 0 Å². The molecular formula is C14H28N6O5. The number of anilines is 3. The Bertz CT molecular complexity index is 457. The van der Waals surface area contributed by atoms with Crippen molar-refractivity contribution in [2.75, 3.05) is 83.3 Å². The van der Waals surface area contributed by atoms with Crippen LogP contribution in [0, 0.1) is 0 Å². The smallest absolute Gasteiger partial charge is 0.235 e. The monoisotopic (exact) mass is 360 g/mol. The predicted molar refractivity (Wildman–Crippen MR) is 92.4 cm³/mol. The van der Waals surface area contributed by atoms with E-state index in [4.69, 9.17) is 18.9 Å². The maximum absolute atomic E-state index is 9.58. The van der Waals surface area contributed by atoms with E-state index in [0.717, 1.165) is 0 Å². The van der Waals surface area contributed by atoms with Gasteiger partial charge in [-0.1, -0.05) is 0 Å². The zero-order valence-electron chi connectivity index (χ0n) is 15.5. The van der Waals surface area contributed by atoms with Crippen LogP contribution in [0.2, 0.25) is 0 Å². The van der Waals surface area contributed by atoms with Crippen LogP contribution < -0.4 is 14.7 Å². The van der Waals surface area contributed by atoms with Gasteiger partial charge in [0.2, 0.25) is 17.8 Å². The van der Waals surface area contributed by atoms with Crippen molar-refractivity contribution in [1.82, 2.24) is 15.0 Å². The molecule has 0 aromatic carbocycles. The topological polar surface area (TPSA) is 106 Å². The van der Waals surface area contributed by atoms with Crippen LogP contribution in [0.1, 0.15) is 6.92 Å². The summed E-state index contributed by atoms with van der Waals surface area (Å²) in [6.45, 7) is 3.20.